The van der Waals surface area contributed by atoms with E-state index in [1.165, 1.54) is 6.07 Å². The molecule has 1 aromatic heterocycles. The summed E-state index contributed by atoms with van der Waals surface area (Å²) in [4.78, 5) is 24.5. The summed E-state index contributed by atoms with van der Waals surface area (Å²) in [5.41, 5.74) is -0.118. The van der Waals surface area contributed by atoms with Crippen LogP contribution in [0.2, 0.25) is 5.02 Å². The molecule has 1 aliphatic heterocycles. The smallest absolute Gasteiger partial charge is 0.337 e. The summed E-state index contributed by atoms with van der Waals surface area (Å²) in [6, 6.07) is 4.35. The lowest BCUT2D eigenvalue weighted by Gasteiger charge is -2.43. The largest absolute Gasteiger partial charge is 0.463 e. The Bertz CT molecular complexity index is 970. The number of fused-ring (bicyclic) bond motifs is 1. The molecule has 1 amide bonds. The van der Waals surface area contributed by atoms with Crippen LogP contribution in [0.25, 0.3) is 11.0 Å². The highest BCUT2D eigenvalue weighted by Crippen LogP contribution is 2.39. The molecule has 2 aromatic rings. The lowest BCUT2D eigenvalue weighted by molar-refractivity contribution is -0.211. The maximum absolute atomic E-state index is 12.5. The van der Waals surface area contributed by atoms with Gasteiger partial charge in [-0.2, -0.15) is 0 Å². The monoisotopic (exact) mass is 435 g/mol. The van der Waals surface area contributed by atoms with Gasteiger partial charge in [-0.15, -0.1) is 0 Å². The number of halogens is 1. The fraction of sp³-hybridized carbons (Fsp3) is 0.565. The number of benzene rings is 1. The highest BCUT2D eigenvalue weighted by atomic mass is 35.5. The summed E-state index contributed by atoms with van der Waals surface area (Å²) in [5.74, 6) is 1.04. The molecule has 0 bridgehead atoms. The molecule has 0 spiro atoms. The first-order chi connectivity index (χ1) is 14.3. The summed E-state index contributed by atoms with van der Waals surface area (Å²) >= 11 is 6.49. The van der Waals surface area contributed by atoms with Gasteiger partial charge in [-0.05, 0) is 30.7 Å². The Kier molecular flexibility index (Phi) is 7.09. The Balaban J connectivity index is 1.95. The number of hydrogen-bond donors (Lipinski definition) is 1. The lowest BCUT2D eigenvalue weighted by atomic mass is 9.78. The fourth-order valence-corrected chi connectivity index (χ4v) is 4.20. The second-order valence-electron chi connectivity index (χ2n) is 8.16. The van der Waals surface area contributed by atoms with Crippen LogP contribution in [-0.4, -0.2) is 24.8 Å². The Labute approximate surface area is 181 Å². The third-order valence-electron chi connectivity index (χ3n) is 6.21. The van der Waals surface area contributed by atoms with Crippen molar-refractivity contribution in [2.45, 2.75) is 59.9 Å². The molecule has 1 saturated heterocycles. The third kappa shape index (κ3) is 4.49. The van der Waals surface area contributed by atoms with Crippen molar-refractivity contribution in [2.24, 2.45) is 17.8 Å². The molecule has 164 valence electrons. The van der Waals surface area contributed by atoms with Gasteiger partial charge in [0.1, 0.15) is 11.3 Å². The van der Waals surface area contributed by atoms with E-state index in [9.17, 15) is 9.59 Å². The molecule has 30 heavy (non-hydrogen) atoms. The van der Waals surface area contributed by atoms with Crippen LogP contribution < -0.4 is 15.7 Å². The maximum atomic E-state index is 12.5. The number of ether oxygens (including phenoxy) is 2. The molecule has 0 saturated carbocycles. The van der Waals surface area contributed by atoms with Gasteiger partial charge in [-0.3, -0.25) is 4.79 Å². The van der Waals surface area contributed by atoms with Gasteiger partial charge in [0.15, 0.2) is 0 Å². The standard InChI is InChI=1S/C23H30ClNO5/c1-6-8-25-22(27)16-10-21(26)28-19-11-20(17(24)9-15(16)19)30-23-14(5)12(3)13(4)18(7-2)29-23/h9-14,18,23H,6-8H2,1-5H3,(H,25,27). The van der Waals surface area contributed by atoms with E-state index in [1.807, 2.05) is 6.92 Å². The van der Waals surface area contributed by atoms with Crippen molar-refractivity contribution in [1.82, 2.24) is 5.32 Å². The van der Waals surface area contributed by atoms with E-state index in [1.54, 1.807) is 12.1 Å². The van der Waals surface area contributed by atoms with Crippen LogP contribution in [-0.2, 0) is 4.74 Å². The Hall–Kier alpha value is -2.05. The van der Waals surface area contributed by atoms with E-state index in [-0.39, 0.29) is 29.1 Å². The molecule has 2 heterocycles. The summed E-state index contributed by atoms with van der Waals surface area (Å²) in [7, 11) is 0. The molecule has 5 atom stereocenters. The molecule has 7 heteroatoms. The summed E-state index contributed by atoms with van der Waals surface area (Å²) in [6.07, 6.45) is 1.33. The molecule has 1 aromatic carbocycles. The van der Waals surface area contributed by atoms with Gasteiger partial charge in [0.2, 0.25) is 6.29 Å². The predicted octanol–water partition coefficient (Wildman–Crippen LogP) is 5.01. The Morgan fingerprint density at radius 1 is 1.13 bits per heavy atom. The normalized spacial score (nSPS) is 26.5. The molecular formula is C23H30ClNO5. The first-order valence-corrected chi connectivity index (χ1v) is 11.0. The number of carbonyl (C=O) groups excluding carboxylic acids is 1. The maximum Gasteiger partial charge on any atom is 0.337 e. The van der Waals surface area contributed by atoms with Crippen LogP contribution in [0.1, 0.15) is 57.8 Å². The minimum Gasteiger partial charge on any atom is -0.463 e. The van der Waals surface area contributed by atoms with E-state index in [0.717, 1.165) is 12.8 Å². The van der Waals surface area contributed by atoms with Crippen molar-refractivity contribution in [2.75, 3.05) is 6.54 Å². The molecule has 1 fully saturated rings. The van der Waals surface area contributed by atoms with Gasteiger partial charge in [0, 0.05) is 30.0 Å². The van der Waals surface area contributed by atoms with E-state index < -0.39 is 11.9 Å². The highest BCUT2D eigenvalue weighted by Gasteiger charge is 2.39. The third-order valence-corrected chi connectivity index (χ3v) is 6.50. The van der Waals surface area contributed by atoms with Gasteiger partial charge >= 0.3 is 5.63 Å². The summed E-state index contributed by atoms with van der Waals surface area (Å²) in [5, 5.41) is 3.57. The van der Waals surface area contributed by atoms with Crippen LogP contribution in [0.15, 0.2) is 27.4 Å². The van der Waals surface area contributed by atoms with Crippen LogP contribution in [0.5, 0.6) is 5.75 Å². The number of nitrogens with one attached hydrogen (secondary N) is 1. The van der Waals surface area contributed by atoms with Crippen LogP contribution in [0, 0.1) is 17.8 Å². The number of carbonyl (C=O) groups is 1. The number of hydrogen-bond acceptors (Lipinski definition) is 5. The SMILES string of the molecule is CCCNC(=O)c1cc(=O)oc2cc(OC3OC(CC)C(C)C(C)C3C)c(Cl)cc12. The minimum absolute atomic E-state index is 0.104. The predicted molar refractivity (Wildman–Crippen MR) is 117 cm³/mol. The molecule has 5 unspecified atom stereocenters. The highest BCUT2D eigenvalue weighted by molar-refractivity contribution is 6.33. The van der Waals surface area contributed by atoms with E-state index >= 15 is 0 Å². The summed E-state index contributed by atoms with van der Waals surface area (Å²) < 4.78 is 17.7. The van der Waals surface area contributed by atoms with Crippen molar-refractivity contribution in [1.29, 1.82) is 0 Å². The van der Waals surface area contributed by atoms with Gasteiger partial charge in [0.05, 0.1) is 16.7 Å². The summed E-state index contributed by atoms with van der Waals surface area (Å²) in [6.45, 7) is 11.1. The van der Waals surface area contributed by atoms with Crippen molar-refractivity contribution in [3.05, 3.63) is 39.2 Å². The van der Waals surface area contributed by atoms with Crippen LogP contribution >= 0.6 is 11.6 Å². The van der Waals surface area contributed by atoms with Crippen molar-refractivity contribution in [3.8, 4) is 5.75 Å². The van der Waals surface area contributed by atoms with E-state index in [2.05, 4.69) is 33.0 Å². The lowest BCUT2D eigenvalue weighted by Crippen LogP contribution is -2.46. The topological polar surface area (TPSA) is 77.8 Å². The molecule has 1 N–H and O–H groups in total. The molecule has 0 radical (unpaired) electrons. The first kappa shape index (κ1) is 22.6. The van der Waals surface area contributed by atoms with Crippen LogP contribution in [0.3, 0.4) is 0 Å². The van der Waals surface area contributed by atoms with Crippen molar-refractivity contribution >= 4 is 28.5 Å². The minimum atomic E-state index is -0.604. The quantitative estimate of drug-likeness (QED) is 0.645. The zero-order valence-electron chi connectivity index (χ0n) is 18.2. The van der Waals surface area contributed by atoms with Gasteiger partial charge in [0.25, 0.3) is 5.91 Å². The number of rotatable bonds is 6. The fourth-order valence-electron chi connectivity index (χ4n) is 3.99. The molecule has 3 rings (SSSR count). The van der Waals surface area contributed by atoms with Gasteiger partial charge in [-0.25, -0.2) is 4.79 Å². The second-order valence-corrected chi connectivity index (χ2v) is 8.57. The second kappa shape index (κ2) is 9.40. The molecular weight excluding hydrogens is 406 g/mol. The number of amides is 1. The Morgan fingerprint density at radius 2 is 1.87 bits per heavy atom. The molecule has 1 aliphatic rings. The van der Waals surface area contributed by atoms with Gasteiger partial charge in [-0.1, -0.05) is 46.2 Å². The van der Waals surface area contributed by atoms with Gasteiger partial charge < -0.3 is 19.2 Å². The zero-order valence-corrected chi connectivity index (χ0v) is 18.9. The Morgan fingerprint density at radius 3 is 2.53 bits per heavy atom. The van der Waals surface area contributed by atoms with Crippen molar-refractivity contribution in [3.63, 3.8) is 0 Å². The van der Waals surface area contributed by atoms with E-state index in [4.69, 9.17) is 25.5 Å². The van der Waals surface area contributed by atoms with Crippen molar-refractivity contribution < 1.29 is 18.7 Å². The zero-order chi connectivity index (χ0) is 22.0. The molecule has 6 nitrogen and oxygen atoms in total. The first-order valence-electron chi connectivity index (χ1n) is 10.6. The average molecular weight is 436 g/mol. The average Bonchev–Trinajstić information content (AvgIpc) is 2.72. The van der Waals surface area contributed by atoms with E-state index in [0.29, 0.717) is 34.5 Å². The van der Waals surface area contributed by atoms with Crippen LogP contribution in [0.4, 0.5) is 0 Å². The molecule has 0 aliphatic carbocycles.